The second-order valence-electron chi connectivity index (χ2n) is 6.77. The smallest absolute Gasteiger partial charge is 0.254 e. The summed E-state index contributed by atoms with van der Waals surface area (Å²) in [6.07, 6.45) is 3.92. The second kappa shape index (κ2) is 9.91. The number of piperidine rings is 1. The van der Waals surface area contributed by atoms with Gasteiger partial charge in [0.1, 0.15) is 5.82 Å². The maximum Gasteiger partial charge on any atom is 0.254 e. The molecule has 2 heterocycles. The molecule has 28 heavy (non-hydrogen) atoms. The normalized spacial score (nSPS) is 15.5. The van der Waals surface area contributed by atoms with Crippen molar-refractivity contribution in [2.75, 3.05) is 36.8 Å². The van der Waals surface area contributed by atoms with Gasteiger partial charge in [-0.05, 0) is 51.1 Å². The summed E-state index contributed by atoms with van der Waals surface area (Å²) < 4.78 is 0. The molecule has 0 atom stereocenters. The minimum Gasteiger partial charge on any atom is -0.369 e. The van der Waals surface area contributed by atoms with Gasteiger partial charge >= 0.3 is 0 Å². The molecule has 0 bridgehead atoms. The van der Waals surface area contributed by atoms with Gasteiger partial charge in [-0.25, -0.2) is 4.98 Å². The van der Waals surface area contributed by atoms with Crippen molar-refractivity contribution in [1.82, 2.24) is 14.9 Å². The molecule has 2 aromatic rings. The highest BCUT2D eigenvalue weighted by Gasteiger charge is 2.09. The molecule has 1 fully saturated rings. The van der Waals surface area contributed by atoms with Crippen LogP contribution in [0, 0.1) is 6.92 Å². The molecule has 3 rings (SSSR count). The Hall–Kier alpha value is -2.09. The molecule has 0 spiro atoms. The van der Waals surface area contributed by atoms with Crippen molar-refractivity contribution < 1.29 is 0 Å². The van der Waals surface area contributed by atoms with E-state index in [0.29, 0.717) is 21.7 Å². The van der Waals surface area contributed by atoms with E-state index in [1.165, 1.54) is 32.4 Å². The van der Waals surface area contributed by atoms with Crippen LogP contribution in [0.2, 0.25) is 10.0 Å². The first kappa shape index (κ1) is 20.6. The third-order valence-corrected chi connectivity index (χ3v) is 5.18. The van der Waals surface area contributed by atoms with Crippen molar-refractivity contribution in [3.63, 3.8) is 0 Å². The van der Waals surface area contributed by atoms with Gasteiger partial charge in [-0.2, -0.15) is 9.98 Å². The number of nitrogens with one attached hydrogen (secondary N) is 2. The molecule has 0 radical (unpaired) electrons. The summed E-state index contributed by atoms with van der Waals surface area (Å²) in [4.78, 5) is 15.5. The third-order valence-electron chi connectivity index (χ3n) is 4.44. The largest absolute Gasteiger partial charge is 0.369 e. The van der Waals surface area contributed by atoms with Crippen LogP contribution in [0.5, 0.6) is 0 Å². The average Bonchev–Trinajstić information content (AvgIpc) is 2.65. The first-order chi connectivity index (χ1) is 13.5. The maximum absolute atomic E-state index is 6.01. The maximum atomic E-state index is 6.01. The van der Waals surface area contributed by atoms with Crippen LogP contribution < -0.4 is 16.4 Å². The summed E-state index contributed by atoms with van der Waals surface area (Å²) in [7, 11) is 0. The Balaban J connectivity index is 1.61. The fourth-order valence-corrected chi connectivity index (χ4v) is 3.37. The van der Waals surface area contributed by atoms with E-state index in [0.717, 1.165) is 24.6 Å². The Kier molecular flexibility index (Phi) is 7.30. The number of rotatable bonds is 6. The summed E-state index contributed by atoms with van der Waals surface area (Å²) in [6, 6.07) is 7.03. The first-order valence-electron chi connectivity index (χ1n) is 9.38. The number of aryl methyl sites for hydroxylation is 1. The summed E-state index contributed by atoms with van der Waals surface area (Å²) >= 11 is 11.9. The number of benzene rings is 1. The molecular formula is C19H25Cl2N7. The summed E-state index contributed by atoms with van der Waals surface area (Å²) in [6.45, 7) is 6.09. The number of hydrogen-bond acceptors (Lipinski definition) is 5. The highest BCUT2D eigenvalue weighted by Crippen LogP contribution is 2.25. The first-order valence-corrected chi connectivity index (χ1v) is 10.1. The van der Waals surface area contributed by atoms with E-state index in [-0.39, 0.29) is 5.96 Å². The fourth-order valence-electron chi connectivity index (χ4n) is 3.08. The van der Waals surface area contributed by atoms with Crippen LogP contribution in [-0.2, 0) is 0 Å². The minimum atomic E-state index is 0.170. The van der Waals surface area contributed by atoms with Crippen molar-refractivity contribution in [2.24, 2.45) is 10.7 Å². The van der Waals surface area contributed by atoms with E-state index in [1.54, 1.807) is 18.2 Å². The lowest BCUT2D eigenvalue weighted by molar-refractivity contribution is 0.237. The van der Waals surface area contributed by atoms with E-state index in [2.05, 4.69) is 30.5 Å². The lowest BCUT2D eigenvalue weighted by Gasteiger charge is -2.26. The van der Waals surface area contributed by atoms with Gasteiger partial charge in [-0.1, -0.05) is 29.6 Å². The Morgan fingerprint density at radius 1 is 1.14 bits per heavy atom. The number of nitrogens with two attached hydrogens (primary N) is 1. The third kappa shape index (κ3) is 6.22. The van der Waals surface area contributed by atoms with E-state index >= 15 is 0 Å². The van der Waals surface area contributed by atoms with Gasteiger partial charge in [0.2, 0.25) is 5.96 Å². The second-order valence-corrected chi connectivity index (χ2v) is 7.59. The molecule has 9 heteroatoms. The molecule has 0 saturated carbocycles. The molecule has 4 N–H and O–H groups in total. The highest BCUT2D eigenvalue weighted by molar-refractivity contribution is 6.42. The van der Waals surface area contributed by atoms with Crippen LogP contribution in [0.15, 0.2) is 29.3 Å². The van der Waals surface area contributed by atoms with Gasteiger partial charge in [-0.3, -0.25) is 0 Å². The van der Waals surface area contributed by atoms with E-state index in [4.69, 9.17) is 28.9 Å². The molecule has 0 amide bonds. The van der Waals surface area contributed by atoms with Crippen LogP contribution in [0.3, 0.4) is 0 Å². The number of nitrogens with zero attached hydrogens (tertiary/aromatic N) is 4. The zero-order chi connectivity index (χ0) is 19.9. The lowest BCUT2D eigenvalue weighted by Crippen LogP contribution is -2.33. The van der Waals surface area contributed by atoms with Crippen LogP contribution >= 0.6 is 23.2 Å². The molecule has 7 nitrogen and oxygen atoms in total. The number of anilines is 2. The van der Waals surface area contributed by atoms with E-state index in [9.17, 15) is 0 Å². The van der Waals surface area contributed by atoms with E-state index < -0.39 is 0 Å². The quantitative estimate of drug-likeness (QED) is 0.481. The average molecular weight is 422 g/mol. The van der Waals surface area contributed by atoms with Crippen molar-refractivity contribution >= 4 is 46.6 Å². The Morgan fingerprint density at radius 3 is 2.68 bits per heavy atom. The standard InChI is InChI=1S/C19H25Cl2N7/c1-13-11-17(23-7-10-28-8-3-2-4-9-28)26-19(24-13)27-18(22)25-14-5-6-15(20)16(21)12-14/h5-6,11-12H,2-4,7-10H2,1H3,(H4,22,23,24,25,26,27). The number of aromatic nitrogens is 2. The van der Waals surface area contributed by atoms with Crippen LogP contribution in [0.25, 0.3) is 0 Å². The van der Waals surface area contributed by atoms with Gasteiger partial charge in [0, 0.05) is 30.5 Å². The molecule has 1 aromatic carbocycles. The van der Waals surface area contributed by atoms with Gasteiger partial charge in [0.15, 0.2) is 0 Å². The molecular weight excluding hydrogens is 397 g/mol. The molecule has 0 unspecified atom stereocenters. The SMILES string of the molecule is Cc1cc(NCCN2CCCCC2)nc(/N=C(\N)Nc2ccc(Cl)c(Cl)c2)n1. The zero-order valence-corrected chi connectivity index (χ0v) is 17.4. The Bertz CT molecular complexity index is 835. The zero-order valence-electron chi connectivity index (χ0n) is 15.9. The van der Waals surface area contributed by atoms with Crippen molar-refractivity contribution in [3.8, 4) is 0 Å². The van der Waals surface area contributed by atoms with Crippen LogP contribution in [0.1, 0.15) is 25.0 Å². The number of aliphatic imine (C=N–C) groups is 1. The number of hydrogen-bond donors (Lipinski definition) is 3. The monoisotopic (exact) mass is 421 g/mol. The van der Waals surface area contributed by atoms with Crippen LogP contribution in [0.4, 0.5) is 17.5 Å². The van der Waals surface area contributed by atoms with Crippen molar-refractivity contribution in [3.05, 3.63) is 40.0 Å². The molecule has 1 aliphatic heterocycles. The molecule has 150 valence electrons. The Labute approximate surface area is 175 Å². The van der Waals surface area contributed by atoms with Gasteiger partial charge in [-0.15, -0.1) is 0 Å². The van der Waals surface area contributed by atoms with Gasteiger partial charge in [0.05, 0.1) is 10.0 Å². The number of guanidine groups is 1. The molecule has 1 aromatic heterocycles. The van der Waals surface area contributed by atoms with E-state index in [1.807, 2.05) is 13.0 Å². The predicted molar refractivity (Wildman–Crippen MR) is 117 cm³/mol. The predicted octanol–water partition coefficient (Wildman–Crippen LogP) is 4.05. The number of halogens is 2. The summed E-state index contributed by atoms with van der Waals surface area (Å²) in [5, 5.41) is 7.23. The fraction of sp³-hybridized carbons (Fsp3) is 0.421. The molecule has 1 saturated heterocycles. The van der Waals surface area contributed by atoms with Gasteiger partial charge < -0.3 is 21.3 Å². The van der Waals surface area contributed by atoms with Crippen molar-refractivity contribution in [2.45, 2.75) is 26.2 Å². The Morgan fingerprint density at radius 2 is 1.93 bits per heavy atom. The lowest BCUT2D eigenvalue weighted by atomic mass is 10.1. The molecule has 0 aliphatic carbocycles. The minimum absolute atomic E-state index is 0.170. The van der Waals surface area contributed by atoms with Crippen molar-refractivity contribution in [1.29, 1.82) is 0 Å². The summed E-state index contributed by atoms with van der Waals surface area (Å²) in [5.41, 5.74) is 7.48. The topological polar surface area (TPSA) is 91.5 Å². The van der Waals surface area contributed by atoms with Crippen LogP contribution in [-0.4, -0.2) is 47.0 Å². The molecule has 1 aliphatic rings. The highest BCUT2D eigenvalue weighted by atomic mass is 35.5. The van der Waals surface area contributed by atoms with Gasteiger partial charge in [0.25, 0.3) is 5.95 Å². The summed E-state index contributed by atoms with van der Waals surface area (Å²) in [5.74, 6) is 1.21. The number of likely N-dealkylation sites (tertiary alicyclic amines) is 1.